The Morgan fingerprint density at radius 2 is 1.50 bits per heavy atom. The van der Waals surface area contributed by atoms with E-state index in [9.17, 15) is 4.79 Å². The lowest BCUT2D eigenvalue weighted by atomic mass is 9.80. The van der Waals surface area contributed by atoms with Crippen molar-refractivity contribution >= 4 is 5.97 Å². The van der Waals surface area contributed by atoms with E-state index in [-0.39, 0.29) is 5.97 Å². The number of hydrogen-bond acceptors (Lipinski definition) is 2. The minimum Gasteiger partial charge on any atom is -0.427 e. The van der Waals surface area contributed by atoms with Crippen molar-refractivity contribution in [3.63, 3.8) is 0 Å². The van der Waals surface area contributed by atoms with Crippen LogP contribution in [0.5, 0.6) is 5.75 Å². The van der Waals surface area contributed by atoms with Crippen LogP contribution in [0.15, 0.2) is 42.5 Å². The molecular weight excluding hydrogens is 392 g/mol. The van der Waals surface area contributed by atoms with E-state index < -0.39 is 0 Å². The van der Waals surface area contributed by atoms with Gasteiger partial charge in [0, 0.05) is 6.42 Å². The van der Waals surface area contributed by atoms with Crippen LogP contribution >= 0.6 is 0 Å². The molecule has 2 aromatic rings. The van der Waals surface area contributed by atoms with Crippen LogP contribution in [0.3, 0.4) is 0 Å². The summed E-state index contributed by atoms with van der Waals surface area (Å²) in [4.78, 5) is 12.1. The zero-order valence-electron chi connectivity index (χ0n) is 20.3. The molecule has 0 saturated heterocycles. The number of carbonyl (C=O) groups excluding carboxylic acids is 1. The monoisotopic (exact) mass is 434 g/mol. The summed E-state index contributed by atoms with van der Waals surface area (Å²) < 4.78 is 5.52. The van der Waals surface area contributed by atoms with Crippen molar-refractivity contribution in [1.29, 1.82) is 0 Å². The molecule has 0 aromatic heterocycles. The van der Waals surface area contributed by atoms with Crippen molar-refractivity contribution in [2.24, 2.45) is 5.92 Å². The first kappa shape index (κ1) is 24.6. The summed E-state index contributed by atoms with van der Waals surface area (Å²) in [6.07, 6.45) is 16.9. The topological polar surface area (TPSA) is 26.3 Å². The van der Waals surface area contributed by atoms with Crippen LogP contribution in [-0.4, -0.2) is 5.97 Å². The Morgan fingerprint density at radius 1 is 0.812 bits per heavy atom. The Balaban J connectivity index is 1.49. The number of esters is 1. The third-order valence-electron chi connectivity index (χ3n) is 6.91. The number of fused-ring (bicyclic) bond motifs is 1. The summed E-state index contributed by atoms with van der Waals surface area (Å²) in [5, 5.41) is 0. The molecule has 0 bridgehead atoms. The van der Waals surface area contributed by atoms with Crippen molar-refractivity contribution < 1.29 is 9.53 Å². The molecule has 0 spiro atoms. The normalized spacial score (nSPS) is 15.4. The second kappa shape index (κ2) is 13.5. The number of carbonyl (C=O) groups is 1. The highest BCUT2D eigenvalue weighted by molar-refractivity contribution is 5.73. The molecule has 0 aliphatic heterocycles. The standard InChI is InChI=1S/C30H42O2/c1-3-5-7-9-11-13-30(31)32-29-20-18-25(19-21-29)27-17-16-26-22-24(12-10-8-6-4-2)14-15-28(26)23-27/h16-21,23-24H,3-15,22H2,1-2H3. The summed E-state index contributed by atoms with van der Waals surface area (Å²) in [6.45, 7) is 4.48. The highest BCUT2D eigenvalue weighted by Crippen LogP contribution is 2.32. The number of aryl methyl sites for hydroxylation is 1. The molecule has 3 rings (SSSR count). The molecule has 1 aliphatic rings. The highest BCUT2D eigenvalue weighted by atomic mass is 16.5. The Kier molecular flexibility index (Phi) is 10.3. The number of ether oxygens (including phenoxy) is 1. The molecule has 0 heterocycles. The van der Waals surface area contributed by atoms with Crippen LogP contribution in [0.1, 0.15) is 102 Å². The van der Waals surface area contributed by atoms with Gasteiger partial charge in [-0.2, -0.15) is 0 Å². The van der Waals surface area contributed by atoms with Gasteiger partial charge in [0.1, 0.15) is 5.75 Å². The number of rotatable bonds is 13. The van der Waals surface area contributed by atoms with Crippen LogP contribution in [0, 0.1) is 5.92 Å². The SMILES string of the molecule is CCCCCCCC(=O)Oc1ccc(-c2ccc3c(c2)CCC(CCCCCC)C3)cc1. The van der Waals surface area contributed by atoms with Gasteiger partial charge in [0.15, 0.2) is 0 Å². The largest absolute Gasteiger partial charge is 0.427 e. The van der Waals surface area contributed by atoms with Crippen LogP contribution < -0.4 is 4.74 Å². The summed E-state index contributed by atoms with van der Waals surface area (Å²) >= 11 is 0. The van der Waals surface area contributed by atoms with Crippen LogP contribution in [0.2, 0.25) is 0 Å². The lowest BCUT2D eigenvalue weighted by molar-refractivity contribution is -0.134. The molecule has 2 aromatic carbocycles. The van der Waals surface area contributed by atoms with E-state index >= 15 is 0 Å². The molecule has 1 unspecified atom stereocenters. The number of unbranched alkanes of at least 4 members (excludes halogenated alkanes) is 7. The average molecular weight is 435 g/mol. The average Bonchev–Trinajstić information content (AvgIpc) is 2.82. The van der Waals surface area contributed by atoms with Gasteiger partial charge in [0.05, 0.1) is 0 Å². The molecule has 0 N–H and O–H groups in total. The molecule has 2 heteroatoms. The lowest BCUT2D eigenvalue weighted by Crippen LogP contribution is -2.14. The predicted molar refractivity (Wildman–Crippen MR) is 135 cm³/mol. The summed E-state index contributed by atoms with van der Waals surface area (Å²) in [5.74, 6) is 1.40. The van der Waals surface area contributed by atoms with Gasteiger partial charge in [-0.25, -0.2) is 0 Å². The molecular formula is C30H42O2. The third-order valence-corrected chi connectivity index (χ3v) is 6.91. The third kappa shape index (κ3) is 7.80. The first-order valence-corrected chi connectivity index (χ1v) is 13.1. The van der Waals surface area contributed by atoms with Crippen LogP contribution in [-0.2, 0) is 17.6 Å². The van der Waals surface area contributed by atoms with E-state index in [1.807, 2.05) is 12.1 Å². The summed E-state index contributed by atoms with van der Waals surface area (Å²) in [7, 11) is 0. The Morgan fingerprint density at radius 3 is 2.25 bits per heavy atom. The van der Waals surface area contributed by atoms with E-state index in [0.29, 0.717) is 12.2 Å². The van der Waals surface area contributed by atoms with Crippen molar-refractivity contribution in [2.75, 3.05) is 0 Å². The minimum absolute atomic E-state index is 0.118. The van der Waals surface area contributed by atoms with Gasteiger partial charge in [-0.1, -0.05) is 102 Å². The molecule has 0 saturated carbocycles. The van der Waals surface area contributed by atoms with Gasteiger partial charge >= 0.3 is 5.97 Å². The fraction of sp³-hybridized carbons (Fsp3) is 0.567. The molecule has 1 aliphatic carbocycles. The fourth-order valence-corrected chi connectivity index (χ4v) is 4.89. The molecule has 2 nitrogen and oxygen atoms in total. The van der Waals surface area contributed by atoms with Gasteiger partial charge in [-0.3, -0.25) is 4.79 Å². The molecule has 0 fully saturated rings. The second-order valence-corrected chi connectivity index (χ2v) is 9.60. The Bertz CT molecular complexity index is 821. The molecule has 0 amide bonds. The number of benzene rings is 2. The van der Waals surface area contributed by atoms with E-state index in [2.05, 4.69) is 44.2 Å². The maximum atomic E-state index is 12.1. The van der Waals surface area contributed by atoms with E-state index in [1.165, 1.54) is 87.3 Å². The summed E-state index contributed by atoms with van der Waals surface area (Å²) in [5.41, 5.74) is 5.52. The van der Waals surface area contributed by atoms with Crippen molar-refractivity contribution in [3.05, 3.63) is 53.6 Å². The Hall–Kier alpha value is -2.09. The fourth-order valence-electron chi connectivity index (χ4n) is 4.89. The predicted octanol–water partition coefficient (Wildman–Crippen LogP) is 8.69. The second-order valence-electron chi connectivity index (χ2n) is 9.60. The molecule has 1 atom stereocenters. The van der Waals surface area contributed by atoms with Gasteiger partial charge in [0.2, 0.25) is 0 Å². The maximum absolute atomic E-state index is 12.1. The first-order chi connectivity index (χ1) is 15.7. The minimum atomic E-state index is -0.118. The lowest BCUT2D eigenvalue weighted by Gasteiger charge is -2.25. The molecule has 0 radical (unpaired) electrons. The number of hydrogen-bond donors (Lipinski definition) is 0. The molecule has 174 valence electrons. The van der Waals surface area contributed by atoms with Gasteiger partial charge in [-0.15, -0.1) is 0 Å². The molecule has 32 heavy (non-hydrogen) atoms. The first-order valence-electron chi connectivity index (χ1n) is 13.1. The van der Waals surface area contributed by atoms with Crippen LogP contribution in [0.4, 0.5) is 0 Å². The highest BCUT2D eigenvalue weighted by Gasteiger charge is 2.18. The van der Waals surface area contributed by atoms with E-state index in [0.717, 1.165) is 18.8 Å². The summed E-state index contributed by atoms with van der Waals surface area (Å²) in [6, 6.07) is 15.0. The zero-order chi connectivity index (χ0) is 22.6. The van der Waals surface area contributed by atoms with Gasteiger partial charge < -0.3 is 4.74 Å². The van der Waals surface area contributed by atoms with E-state index in [1.54, 1.807) is 5.56 Å². The quantitative estimate of drug-likeness (QED) is 0.179. The van der Waals surface area contributed by atoms with Gasteiger partial charge in [-0.05, 0) is 66.0 Å². The van der Waals surface area contributed by atoms with E-state index in [4.69, 9.17) is 4.74 Å². The van der Waals surface area contributed by atoms with Crippen molar-refractivity contribution in [1.82, 2.24) is 0 Å². The van der Waals surface area contributed by atoms with Crippen molar-refractivity contribution in [2.45, 2.75) is 104 Å². The van der Waals surface area contributed by atoms with Gasteiger partial charge in [0.25, 0.3) is 0 Å². The Labute approximate surface area is 195 Å². The zero-order valence-corrected chi connectivity index (χ0v) is 20.3. The van der Waals surface area contributed by atoms with Crippen LogP contribution in [0.25, 0.3) is 11.1 Å². The maximum Gasteiger partial charge on any atom is 0.311 e. The van der Waals surface area contributed by atoms with Crippen molar-refractivity contribution in [3.8, 4) is 16.9 Å². The smallest absolute Gasteiger partial charge is 0.311 e.